The first kappa shape index (κ1) is 16.5. The van der Waals surface area contributed by atoms with Crippen molar-refractivity contribution in [3.63, 3.8) is 0 Å². The van der Waals surface area contributed by atoms with Gasteiger partial charge in [0.15, 0.2) is 0 Å². The van der Waals surface area contributed by atoms with Gasteiger partial charge < -0.3 is 5.32 Å². The molecular formula is C17H30N2O2. The Bertz CT molecular complexity index is 382. The number of hydrogen-bond donors (Lipinski definition) is 1. The van der Waals surface area contributed by atoms with Crippen molar-refractivity contribution in [1.82, 2.24) is 10.2 Å². The van der Waals surface area contributed by atoms with Crippen LogP contribution in [0.3, 0.4) is 0 Å². The Hall–Kier alpha value is -0.900. The first-order valence-electron chi connectivity index (χ1n) is 8.58. The van der Waals surface area contributed by atoms with Crippen molar-refractivity contribution in [2.24, 2.45) is 11.8 Å². The van der Waals surface area contributed by atoms with Gasteiger partial charge in [0, 0.05) is 12.1 Å². The molecule has 4 nitrogen and oxygen atoms in total. The number of carbonyl (C=O) groups excluding carboxylic acids is 2. The lowest BCUT2D eigenvalue weighted by molar-refractivity contribution is -0.141. The van der Waals surface area contributed by atoms with E-state index in [1.807, 2.05) is 13.8 Å². The normalized spacial score (nSPS) is 34.0. The second kappa shape index (κ2) is 6.91. The van der Waals surface area contributed by atoms with E-state index in [9.17, 15) is 9.59 Å². The summed E-state index contributed by atoms with van der Waals surface area (Å²) in [6, 6.07) is 0.161. The fourth-order valence-corrected chi connectivity index (χ4v) is 4.19. The van der Waals surface area contributed by atoms with E-state index >= 15 is 0 Å². The van der Waals surface area contributed by atoms with Crippen molar-refractivity contribution < 1.29 is 9.59 Å². The molecule has 2 fully saturated rings. The summed E-state index contributed by atoms with van der Waals surface area (Å²) < 4.78 is 0. The molecule has 0 aromatic heterocycles. The minimum absolute atomic E-state index is 0.000389. The van der Waals surface area contributed by atoms with Crippen LogP contribution in [0.5, 0.6) is 0 Å². The van der Waals surface area contributed by atoms with Crippen LogP contribution in [-0.4, -0.2) is 34.8 Å². The van der Waals surface area contributed by atoms with Crippen molar-refractivity contribution in [1.29, 1.82) is 0 Å². The number of likely N-dealkylation sites (tertiary alicyclic amines) is 1. The molecule has 120 valence electrons. The Morgan fingerprint density at radius 3 is 2.19 bits per heavy atom. The van der Waals surface area contributed by atoms with Crippen molar-refractivity contribution in [3.8, 4) is 0 Å². The summed E-state index contributed by atoms with van der Waals surface area (Å²) >= 11 is 0. The maximum Gasteiger partial charge on any atom is 0.247 e. The molecule has 0 aromatic carbocycles. The number of amides is 2. The Kier molecular flexibility index (Phi) is 5.42. The minimum atomic E-state index is -0.291. The van der Waals surface area contributed by atoms with Crippen LogP contribution in [0.4, 0.5) is 0 Å². The van der Waals surface area contributed by atoms with Gasteiger partial charge in [-0.1, -0.05) is 27.7 Å². The zero-order chi connectivity index (χ0) is 15.6. The van der Waals surface area contributed by atoms with E-state index in [0.29, 0.717) is 24.3 Å². The second-order valence-electron chi connectivity index (χ2n) is 7.11. The van der Waals surface area contributed by atoms with Crippen molar-refractivity contribution in [2.45, 2.75) is 84.3 Å². The van der Waals surface area contributed by atoms with Crippen LogP contribution < -0.4 is 5.32 Å². The van der Waals surface area contributed by atoms with Crippen LogP contribution in [0.15, 0.2) is 0 Å². The standard InChI is InChI=1S/C17H30N2O2/c1-5-14(6-2)19-16(20)10-15(17(19)21)18-13-8-11(3)7-12(4)9-13/h11-15,18H,5-10H2,1-4H3. The quantitative estimate of drug-likeness (QED) is 0.793. The predicted octanol–water partition coefficient (Wildman–Crippen LogP) is 2.72. The van der Waals surface area contributed by atoms with Gasteiger partial charge in [0.2, 0.25) is 11.8 Å². The predicted molar refractivity (Wildman–Crippen MR) is 83.7 cm³/mol. The summed E-state index contributed by atoms with van der Waals surface area (Å²) in [5, 5.41) is 3.48. The Morgan fingerprint density at radius 2 is 1.67 bits per heavy atom. The molecule has 4 heteroatoms. The van der Waals surface area contributed by atoms with Gasteiger partial charge in [-0.15, -0.1) is 0 Å². The fourth-order valence-electron chi connectivity index (χ4n) is 4.19. The zero-order valence-corrected chi connectivity index (χ0v) is 13.9. The summed E-state index contributed by atoms with van der Waals surface area (Å²) in [6.07, 6.45) is 5.54. The van der Waals surface area contributed by atoms with E-state index in [-0.39, 0.29) is 23.9 Å². The van der Waals surface area contributed by atoms with Crippen LogP contribution in [-0.2, 0) is 9.59 Å². The molecule has 21 heavy (non-hydrogen) atoms. The Labute approximate surface area is 128 Å². The summed E-state index contributed by atoms with van der Waals surface area (Å²) in [7, 11) is 0. The van der Waals surface area contributed by atoms with E-state index in [0.717, 1.165) is 25.7 Å². The minimum Gasteiger partial charge on any atom is -0.303 e. The van der Waals surface area contributed by atoms with Gasteiger partial charge in [-0.25, -0.2) is 0 Å². The summed E-state index contributed by atoms with van der Waals surface area (Å²) in [4.78, 5) is 26.3. The number of hydrogen-bond acceptors (Lipinski definition) is 3. The molecule has 0 aromatic rings. The molecule has 3 unspecified atom stereocenters. The average molecular weight is 294 g/mol. The van der Waals surface area contributed by atoms with Gasteiger partial charge in [0.05, 0.1) is 12.5 Å². The van der Waals surface area contributed by atoms with Crippen molar-refractivity contribution in [2.75, 3.05) is 0 Å². The number of rotatable bonds is 5. The number of carbonyl (C=O) groups is 2. The summed E-state index contributed by atoms with van der Waals surface area (Å²) in [6.45, 7) is 8.64. The van der Waals surface area contributed by atoms with Crippen molar-refractivity contribution in [3.05, 3.63) is 0 Å². The Morgan fingerprint density at radius 1 is 1.10 bits per heavy atom. The van der Waals surface area contributed by atoms with Gasteiger partial charge >= 0.3 is 0 Å². The maximum atomic E-state index is 12.6. The number of nitrogens with zero attached hydrogens (tertiary/aromatic N) is 1. The molecule has 2 aliphatic rings. The molecule has 1 aliphatic carbocycles. The summed E-state index contributed by atoms with van der Waals surface area (Å²) in [5.41, 5.74) is 0. The van der Waals surface area contributed by atoms with Gasteiger partial charge in [0.1, 0.15) is 0 Å². The van der Waals surface area contributed by atoms with Crippen LogP contribution in [0, 0.1) is 11.8 Å². The number of nitrogens with one attached hydrogen (secondary N) is 1. The van der Waals surface area contributed by atoms with Gasteiger partial charge in [-0.05, 0) is 43.9 Å². The molecule has 0 bridgehead atoms. The lowest BCUT2D eigenvalue weighted by atomic mass is 9.80. The van der Waals surface area contributed by atoms with Crippen LogP contribution in [0.25, 0.3) is 0 Å². The van der Waals surface area contributed by atoms with Gasteiger partial charge in [0.25, 0.3) is 0 Å². The highest BCUT2D eigenvalue weighted by Crippen LogP contribution is 2.30. The molecule has 3 atom stereocenters. The maximum absolute atomic E-state index is 12.6. The van der Waals surface area contributed by atoms with Gasteiger partial charge in [-0.2, -0.15) is 0 Å². The highest BCUT2D eigenvalue weighted by atomic mass is 16.2. The lowest BCUT2D eigenvalue weighted by Gasteiger charge is -2.33. The van der Waals surface area contributed by atoms with Crippen LogP contribution >= 0.6 is 0 Å². The van der Waals surface area contributed by atoms with E-state index in [1.54, 1.807) is 0 Å². The summed E-state index contributed by atoms with van der Waals surface area (Å²) in [5.74, 6) is 1.41. The Balaban J connectivity index is 1.99. The topological polar surface area (TPSA) is 49.4 Å². The van der Waals surface area contributed by atoms with Crippen molar-refractivity contribution >= 4 is 11.8 Å². The largest absolute Gasteiger partial charge is 0.303 e. The van der Waals surface area contributed by atoms with Gasteiger partial charge in [-0.3, -0.25) is 14.5 Å². The SMILES string of the molecule is CCC(CC)N1C(=O)CC(NC2CC(C)CC(C)C2)C1=O. The third-order valence-electron chi connectivity index (χ3n) is 5.11. The third-order valence-corrected chi connectivity index (χ3v) is 5.11. The first-order valence-corrected chi connectivity index (χ1v) is 8.58. The monoisotopic (exact) mass is 294 g/mol. The van der Waals surface area contributed by atoms with Crippen LogP contribution in [0.2, 0.25) is 0 Å². The lowest BCUT2D eigenvalue weighted by Crippen LogP contribution is -2.48. The molecule has 1 heterocycles. The van der Waals surface area contributed by atoms with E-state index in [2.05, 4.69) is 19.2 Å². The highest BCUT2D eigenvalue weighted by Gasteiger charge is 2.42. The van der Waals surface area contributed by atoms with E-state index in [1.165, 1.54) is 11.3 Å². The second-order valence-corrected chi connectivity index (χ2v) is 7.11. The fraction of sp³-hybridized carbons (Fsp3) is 0.882. The molecule has 1 saturated heterocycles. The molecule has 1 N–H and O–H groups in total. The molecular weight excluding hydrogens is 264 g/mol. The van der Waals surface area contributed by atoms with E-state index < -0.39 is 0 Å². The number of imide groups is 1. The average Bonchev–Trinajstić information content (AvgIpc) is 2.67. The molecule has 2 rings (SSSR count). The first-order chi connectivity index (χ1) is 9.96. The van der Waals surface area contributed by atoms with Crippen LogP contribution in [0.1, 0.15) is 66.2 Å². The zero-order valence-electron chi connectivity index (χ0n) is 13.9. The molecule has 0 radical (unpaired) electrons. The molecule has 1 aliphatic heterocycles. The molecule has 0 spiro atoms. The molecule has 2 amide bonds. The van der Waals surface area contributed by atoms with E-state index in [4.69, 9.17) is 0 Å². The smallest absolute Gasteiger partial charge is 0.247 e. The molecule has 1 saturated carbocycles. The third kappa shape index (κ3) is 3.65. The highest BCUT2D eigenvalue weighted by molar-refractivity contribution is 6.05.